The predicted octanol–water partition coefficient (Wildman–Crippen LogP) is 1.59. The van der Waals surface area contributed by atoms with E-state index in [1.807, 2.05) is 24.3 Å². The number of nitrogen functional groups attached to an aromatic ring is 1. The summed E-state index contributed by atoms with van der Waals surface area (Å²) in [5.74, 6) is 5.80. The first-order valence-corrected chi connectivity index (χ1v) is 6.96. The first kappa shape index (κ1) is 14.1. The average molecular weight is 290 g/mol. The van der Waals surface area contributed by atoms with E-state index in [4.69, 9.17) is 19.7 Å². The van der Waals surface area contributed by atoms with Gasteiger partial charge in [-0.05, 0) is 12.5 Å². The molecule has 0 saturated carbocycles. The number of furan rings is 1. The number of para-hydroxylation sites is 1. The van der Waals surface area contributed by atoms with Crippen molar-refractivity contribution in [2.45, 2.75) is 13.0 Å². The summed E-state index contributed by atoms with van der Waals surface area (Å²) in [5.41, 5.74) is 3.25. The highest BCUT2D eigenvalue weighted by atomic mass is 16.5. The molecular formula is C15H18N2O4. The maximum absolute atomic E-state index is 12.0. The SMILES string of the molecule is NNC(=O)c1c(COCC2CCOC2)oc2ccccc12. The second-order valence-electron chi connectivity index (χ2n) is 5.11. The molecule has 1 aliphatic heterocycles. The fraction of sp³-hybridized carbons (Fsp3) is 0.400. The van der Waals surface area contributed by atoms with Crippen molar-refractivity contribution in [2.24, 2.45) is 11.8 Å². The van der Waals surface area contributed by atoms with E-state index >= 15 is 0 Å². The molecule has 3 rings (SSSR count). The molecule has 112 valence electrons. The number of ether oxygens (including phenoxy) is 2. The number of benzene rings is 1. The molecule has 6 heteroatoms. The Morgan fingerprint density at radius 1 is 1.43 bits per heavy atom. The zero-order valence-electron chi connectivity index (χ0n) is 11.6. The van der Waals surface area contributed by atoms with Gasteiger partial charge in [-0.2, -0.15) is 0 Å². The number of amides is 1. The molecule has 3 N–H and O–H groups in total. The summed E-state index contributed by atoms with van der Waals surface area (Å²) in [7, 11) is 0. The highest BCUT2D eigenvalue weighted by molar-refractivity contribution is 6.06. The number of carbonyl (C=O) groups excluding carboxylic acids is 1. The standard InChI is InChI=1S/C15H18N2O4/c16-17-15(18)14-11-3-1-2-4-12(11)21-13(14)9-20-8-10-5-6-19-7-10/h1-4,10H,5-9,16H2,(H,17,18). The number of hydrogen-bond donors (Lipinski definition) is 2. The fourth-order valence-electron chi connectivity index (χ4n) is 2.55. The lowest BCUT2D eigenvalue weighted by atomic mass is 10.1. The van der Waals surface area contributed by atoms with Crippen LogP contribution in [0.1, 0.15) is 22.5 Å². The highest BCUT2D eigenvalue weighted by Gasteiger charge is 2.21. The number of nitrogens with two attached hydrogens (primary N) is 1. The number of nitrogens with one attached hydrogen (secondary N) is 1. The quantitative estimate of drug-likeness (QED) is 0.496. The average Bonchev–Trinajstić information content (AvgIpc) is 3.13. The minimum atomic E-state index is -0.372. The molecule has 1 aliphatic rings. The Bertz CT molecular complexity index is 632. The molecule has 2 aromatic rings. The van der Waals surface area contributed by atoms with Crippen LogP contribution in [-0.2, 0) is 16.1 Å². The van der Waals surface area contributed by atoms with Crippen LogP contribution in [0.15, 0.2) is 28.7 Å². The molecule has 0 radical (unpaired) electrons. The molecule has 1 fully saturated rings. The van der Waals surface area contributed by atoms with Crippen LogP contribution in [0.3, 0.4) is 0 Å². The first-order chi connectivity index (χ1) is 10.3. The van der Waals surface area contributed by atoms with Crippen molar-refractivity contribution >= 4 is 16.9 Å². The van der Waals surface area contributed by atoms with Gasteiger partial charge in [-0.25, -0.2) is 5.84 Å². The first-order valence-electron chi connectivity index (χ1n) is 6.96. The number of rotatable bonds is 5. The molecule has 1 aromatic carbocycles. The maximum Gasteiger partial charge on any atom is 0.269 e. The van der Waals surface area contributed by atoms with Crippen molar-refractivity contribution in [1.82, 2.24) is 5.43 Å². The monoisotopic (exact) mass is 290 g/mol. The van der Waals surface area contributed by atoms with Crippen molar-refractivity contribution < 1.29 is 18.7 Å². The van der Waals surface area contributed by atoms with E-state index in [1.54, 1.807) is 0 Å². The Hall–Kier alpha value is -1.89. The van der Waals surface area contributed by atoms with E-state index in [0.717, 1.165) is 25.0 Å². The van der Waals surface area contributed by atoms with Crippen molar-refractivity contribution in [2.75, 3.05) is 19.8 Å². The van der Waals surface area contributed by atoms with Crippen LogP contribution < -0.4 is 11.3 Å². The van der Waals surface area contributed by atoms with Gasteiger partial charge in [0, 0.05) is 17.9 Å². The van der Waals surface area contributed by atoms with Crippen LogP contribution >= 0.6 is 0 Å². The molecular weight excluding hydrogens is 272 g/mol. The summed E-state index contributed by atoms with van der Waals surface area (Å²) < 4.78 is 16.7. The maximum atomic E-state index is 12.0. The van der Waals surface area contributed by atoms with Gasteiger partial charge in [-0.3, -0.25) is 10.2 Å². The molecule has 0 spiro atoms. The summed E-state index contributed by atoms with van der Waals surface area (Å²) in [5, 5.41) is 0.739. The van der Waals surface area contributed by atoms with E-state index < -0.39 is 0 Å². The second-order valence-corrected chi connectivity index (χ2v) is 5.11. The van der Waals surface area contributed by atoms with Crippen molar-refractivity contribution in [1.29, 1.82) is 0 Å². The molecule has 6 nitrogen and oxygen atoms in total. The van der Waals surface area contributed by atoms with Crippen molar-refractivity contribution in [3.63, 3.8) is 0 Å². The van der Waals surface area contributed by atoms with Gasteiger partial charge in [-0.1, -0.05) is 18.2 Å². The molecule has 0 bridgehead atoms. The zero-order valence-corrected chi connectivity index (χ0v) is 11.6. The summed E-state index contributed by atoms with van der Waals surface area (Å²) in [4.78, 5) is 12.0. The van der Waals surface area contributed by atoms with E-state index in [-0.39, 0.29) is 12.5 Å². The minimum absolute atomic E-state index is 0.244. The molecule has 2 heterocycles. The third-order valence-corrected chi connectivity index (χ3v) is 3.64. The third-order valence-electron chi connectivity index (χ3n) is 3.64. The summed E-state index contributed by atoms with van der Waals surface area (Å²) in [6.07, 6.45) is 1.01. The van der Waals surface area contributed by atoms with Crippen LogP contribution in [0.5, 0.6) is 0 Å². The van der Waals surface area contributed by atoms with Crippen LogP contribution in [-0.4, -0.2) is 25.7 Å². The second kappa shape index (κ2) is 6.26. The smallest absolute Gasteiger partial charge is 0.269 e. The molecule has 1 amide bonds. The minimum Gasteiger partial charge on any atom is -0.458 e. The lowest BCUT2D eigenvalue weighted by Crippen LogP contribution is -2.30. The van der Waals surface area contributed by atoms with E-state index in [2.05, 4.69) is 5.43 Å². The van der Waals surface area contributed by atoms with Crippen LogP contribution in [0.4, 0.5) is 0 Å². The normalized spacial score (nSPS) is 18.2. The third kappa shape index (κ3) is 2.92. The number of carbonyl (C=O) groups is 1. The highest BCUT2D eigenvalue weighted by Crippen LogP contribution is 2.26. The summed E-state index contributed by atoms with van der Waals surface area (Å²) in [6.45, 7) is 2.37. The van der Waals surface area contributed by atoms with Gasteiger partial charge in [-0.15, -0.1) is 0 Å². The van der Waals surface area contributed by atoms with Crippen LogP contribution in [0.25, 0.3) is 11.0 Å². The Labute approximate surface area is 122 Å². The fourth-order valence-corrected chi connectivity index (χ4v) is 2.55. The molecule has 0 aliphatic carbocycles. The lowest BCUT2D eigenvalue weighted by molar-refractivity contribution is 0.0684. The zero-order chi connectivity index (χ0) is 14.7. The Balaban J connectivity index is 1.78. The molecule has 1 atom stereocenters. The Morgan fingerprint density at radius 3 is 3.05 bits per heavy atom. The van der Waals surface area contributed by atoms with Gasteiger partial charge in [0.25, 0.3) is 5.91 Å². The van der Waals surface area contributed by atoms with E-state index in [1.165, 1.54) is 0 Å². The predicted molar refractivity (Wildman–Crippen MR) is 76.4 cm³/mol. The van der Waals surface area contributed by atoms with E-state index in [0.29, 0.717) is 29.4 Å². The summed E-state index contributed by atoms with van der Waals surface area (Å²) >= 11 is 0. The number of fused-ring (bicyclic) bond motifs is 1. The van der Waals surface area contributed by atoms with Gasteiger partial charge < -0.3 is 13.9 Å². The largest absolute Gasteiger partial charge is 0.458 e. The number of hydrazine groups is 1. The van der Waals surface area contributed by atoms with Gasteiger partial charge >= 0.3 is 0 Å². The van der Waals surface area contributed by atoms with Gasteiger partial charge in [0.2, 0.25) is 0 Å². The van der Waals surface area contributed by atoms with Crippen molar-refractivity contribution in [3.8, 4) is 0 Å². The van der Waals surface area contributed by atoms with Gasteiger partial charge in [0.15, 0.2) is 0 Å². The van der Waals surface area contributed by atoms with Crippen molar-refractivity contribution in [3.05, 3.63) is 35.6 Å². The molecule has 1 unspecified atom stereocenters. The van der Waals surface area contributed by atoms with Crippen LogP contribution in [0, 0.1) is 5.92 Å². The lowest BCUT2D eigenvalue weighted by Gasteiger charge is -2.08. The van der Waals surface area contributed by atoms with Gasteiger partial charge in [0.1, 0.15) is 18.0 Å². The molecule has 21 heavy (non-hydrogen) atoms. The molecule has 1 saturated heterocycles. The Kier molecular flexibility index (Phi) is 4.19. The topological polar surface area (TPSA) is 86.7 Å². The number of hydrogen-bond acceptors (Lipinski definition) is 5. The van der Waals surface area contributed by atoms with E-state index in [9.17, 15) is 4.79 Å². The Morgan fingerprint density at radius 2 is 2.29 bits per heavy atom. The van der Waals surface area contributed by atoms with Crippen LogP contribution in [0.2, 0.25) is 0 Å². The summed E-state index contributed by atoms with van der Waals surface area (Å²) in [6, 6.07) is 7.36. The molecule has 1 aromatic heterocycles. The van der Waals surface area contributed by atoms with Gasteiger partial charge in [0.05, 0.1) is 18.8 Å².